The number of carboxylic acid groups (broad SMARTS) is 2. The Morgan fingerprint density at radius 2 is 0.857 bits per heavy atom. The van der Waals surface area contributed by atoms with Gasteiger partial charge >= 0.3 is 11.9 Å². The van der Waals surface area contributed by atoms with Crippen LogP contribution in [0.25, 0.3) is 43.1 Å². The van der Waals surface area contributed by atoms with E-state index in [2.05, 4.69) is 45.2 Å². The highest BCUT2D eigenvalue weighted by Crippen LogP contribution is 2.44. The monoisotopic (exact) mass is 592 g/mol. The van der Waals surface area contributed by atoms with Gasteiger partial charge in [0.2, 0.25) is 0 Å². The summed E-state index contributed by atoms with van der Waals surface area (Å²) >= 11 is 4.35. The Labute approximate surface area is 185 Å². The maximum absolute atomic E-state index is 11.8. The molecule has 0 radical (unpaired) electrons. The maximum Gasteiger partial charge on any atom is 0.336 e. The Morgan fingerprint density at radius 3 is 1.18 bits per heavy atom. The fourth-order valence-corrected chi connectivity index (χ4v) is 5.64. The molecule has 136 valence electrons. The molecule has 2 N–H and O–H groups in total. The average Bonchev–Trinajstić information content (AvgIpc) is 2.67. The van der Waals surface area contributed by atoms with Crippen molar-refractivity contribution in [2.75, 3.05) is 0 Å². The van der Waals surface area contributed by atoms with Gasteiger partial charge in [-0.25, -0.2) is 9.59 Å². The van der Waals surface area contributed by atoms with E-state index in [0.717, 1.165) is 50.2 Å². The second-order valence-electron chi connectivity index (χ2n) is 6.62. The van der Waals surface area contributed by atoms with Crippen molar-refractivity contribution in [1.82, 2.24) is 0 Å². The van der Waals surface area contributed by atoms with Crippen molar-refractivity contribution < 1.29 is 19.8 Å². The third-order valence-electron chi connectivity index (χ3n) is 5.26. The summed E-state index contributed by atoms with van der Waals surface area (Å²) in [5.41, 5.74) is 0.551. The Balaban J connectivity index is 2.18. The summed E-state index contributed by atoms with van der Waals surface area (Å²) in [5.74, 6) is -1.91. The van der Waals surface area contributed by atoms with Crippen molar-refractivity contribution in [2.45, 2.75) is 0 Å². The van der Waals surface area contributed by atoms with Crippen molar-refractivity contribution in [1.29, 1.82) is 0 Å². The number of carbonyl (C=O) groups is 2. The van der Waals surface area contributed by atoms with Crippen molar-refractivity contribution in [3.63, 3.8) is 0 Å². The van der Waals surface area contributed by atoms with Crippen molar-refractivity contribution >= 4 is 100 Å². The van der Waals surface area contributed by atoms with Gasteiger partial charge in [-0.15, -0.1) is 0 Å². The van der Waals surface area contributed by atoms with Crippen LogP contribution in [0.2, 0.25) is 0 Å². The smallest absolute Gasteiger partial charge is 0.336 e. The lowest BCUT2D eigenvalue weighted by molar-refractivity contribution is 0.0688. The second kappa shape index (κ2) is 6.15. The van der Waals surface area contributed by atoms with Crippen LogP contribution in [-0.4, -0.2) is 22.2 Å². The van der Waals surface area contributed by atoms with E-state index in [0.29, 0.717) is 0 Å². The van der Waals surface area contributed by atoms with Gasteiger partial charge in [0, 0.05) is 17.9 Å². The topological polar surface area (TPSA) is 74.6 Å². The first-order valence-corrected chi connectivity index (χ1v) is 10.5. The highest BCUT2D eigenvalue weighted by atomic mass is 127. The van der Waals surface area contributed by atoms with Crippen molar-refractivity contribution in [3.8, 4) is 0 Å². The Hall–Kier alpha value is -2.20. The first-order chi connectivity index (χ1) is 13.4. The van der Waals surface area contributed by atoms with E-state index in [1.54, 1.807) is 12.1 Å². The average molecular weight is 592 g/mol. The molecule has 0 amide bonds. The largest absolute Gasteiger partial charge is 0.478 e. The number of rotatable bonds is 2. The number of fused-ring (bicyclic) bond motifs is 2. The number of aromatic carboxylic acids is 2. The number of hydrogen-bond acceptors (Lipinski definition) is 2. The van der Waals surface area contributed by atoms with Gasteiger partial charge in [-0.1, -0.05) is 24.3 Å². The van der Waals surface area contributed by atoms with Crippen LogP contribution in [0.3, 0.4) is 0 Å². The van der Waals surface area contributed by atoms with E-state index in [4.69, 9.17) is 0 Å². The molecule has 0 saturated heterocycles. The van der Waals surface area contributed by atoms with Crippen molar-refractivity contribution in [3.05, 3.63) is 66.8 Å². The minimum atomic E-state index is -0.957. The molecule has 0 aromatic heterocycles. The molecule has 0 aliphatic heterocycles. The lowest BCUT2D eigenvalue weighted by Gasteiger charge is -2.18. The van der Waals surface area contributed by atoms with Crippen molar-refractivity contribution in [2.24, 2.45) is 0 Å². The SMILES string of the molecule is O=C(O)c1ccc2c3ccc(C(=O)O)c4c(I)ccc(c5ccc(I)c1c52)c43. The Morgan fingerprint density at radius 1 is 0.536 bits per heavy atom. The third-order valence-corrected chi connectivity index (χ3v) is 7.06. The molecular formula is C22H10I2O4. The van der Waals surface area contributed by atoms with Gasteiger partial charge in [0.15, 0.2) is 0 Å². The number of benzene rings is 5. The first-order valence-electron chi connectivity index (χ1n) is 8.38. The predicted molar refractivity (Wildman–Crippen MR) is 127 cm³/mol. The van der Waals surface area contributed by atoms with Gasteiger partial charge in [0.05, 0.1) is 11.1 Å². The summed E-state index contributed by atoms with van der Waals surface area (Å²) in [7, 11) is 0. The van der Waals surface area contributed by atoms with E-state index in [-0.39, 0.29) is 11.1 Å². The number of halogens is 2. The summed E-state index contributed by atoms with van der Waals surface area (Å²) in [6, 6.07) is 14.8. The van der Waals surface area contributed by atoms with Gasteiger partial charge in [0.25, 0.3) is 0 Å². The van der Waals surface area contributed by atoms with Crippen LogP contribution >= 0.6 is 45.2 Å². The molecule has 28 heavy (non-hydrogen) atoms. The highest BCUT2D eigenvalue weighted by Gasteiger charge is 2.21. The molecule has 0 bridgehead atoms. The third kappa shape index (κ3) is 2.27. The summed E-state index contributed by atoms with van der Waals surface area (Å²) in [4.78, 5) is 23.7. The quantitative estimate of drug-likeness (QED) is 0.143. The van der Waals surface area contributed by atoms with Gasteiger partial charge in [-0.3, -0.25) is 0 Å². The van der Waals surface area contributed by atoms with Crippen LogP contribution < -0.4 is 0 Å². The van der Waals surface area contributed by atoms with Crippen LogP contribution in [0.5, 0.6) is 0 Å². The van der Waals surface area contributed by atoms with Gasteiger partial charge in [-0.2, -0.15) is 0 Å². The minimum Gasteiger partial charge on any atom is -0.478 e. The Bertz CT molecular complexity index is 1350. The summed E-state index contributed by atoms with van der Waals surface area (Å²) < 4.78 is 1.76. The van der Waals surface area contributed by atoms with Crippen LogP contribution in [0, 0.1) is 7.14 Å². The molecule has 5 aromatic rings. The first kappa shape index (κ1) is 17.9. The molecule has 5 rings (SSSR count). The van der Waals surface area contributed by atoms with E-state index < -0.39 is 11.9 Å². The fourth-order valence-electron chi connectivity index (χ4n) is 4.16. The molecule has 0 aliphatic rings. The number of hydrogen-bond donors (Lipinski definition) is 2. The molecule has 0 spiro atoms. The zero-order valence-electron chi connectivity index (χ0n) is 14.1. The molecular weight excluding hydrogens is 582 g/mol. The van der Waals surface area contributed by atoms with E-state index in [9.17, 15) is 19.8 Å². The molecule has 0 unspecified atom stereocenters. The van der Waals surface area contributed by atoms with E-state index in [1.807, 2.05) is 36.4 Å². The lowest BCUT2D eigenvalue weighted by atomic mass is 9.87. The maximum atomic E-state index is 11.8. The van der Waals surface area contributed by atoms with Gasteiger partial charge < -0.3 is 10.2 Å². The van der Waals surface area contributed by atoms with E-state index in [1.165, 1.54) is 0 Å². The molecule has 0 heterocycles. The van der Waals surface area contributed by atoms with Crippen LogP contribution in [0.15, 0.2) is 48.5 Å². The summed E-state index contributed by atoms with van der Waals surface area (Å²) in [6.45, 7) is 0. The second-order valence-corrected chi connectivity index (χ2v) is 8.95. The normalized spacial score (nSPS) is 11.8. The van der Waals surface area contributed by atoms with Gasteiger partial charge in [0.1, 0.15) is 0 Å². The zero-order valence-corrected chi connectivity index (χ0v) is 18.4. The van der Waals surface area contributed by atoms with E-state index >= 15 is 0 Å². The molecule has 0 fully saturated rings. The van der Waals surface area contributed by atoms with Crippen LogP contribution in [0.4, 0.5) is 0 Å². The molecule has 6 heteroatoms. The van der Waals surface area contributed by atoms with Crippen LogP contribution in [0.1, 0.15) is 20.7 Å². The summed E-state index contributed by atoms with van der Waals surface area (Å²) in [6.07, 6.45) is 0. The standard InChI is InChI=1S/C22H10I2O4/c23-15-7-5-11-12-6-8-16(24)20-14(22(27)28)4-2-10(18(12)20)9-1-3-13(21(25)26)19(15)17(9)11/h1-8H,(H,25,26)(H,27,28). The molecule has 0 saturated carbocycles. The Kier molecular flexibility index (Phi) is 3.92. The van der Waals surface area contributed by atoms with Gasteiger partial charge in [-0.05, 0) is 102 Å². The molecule has 0 aliphatic carbocycles. The highest BCUT2D eigenvalue weighted by molar-refractivity contribution is 14.1. The fraction of sp³-hybridized carbons (Fsp3) is 0. The minimum absolute atomic E-state index is 0.275. The summed E-state index contributed by atoms with van der Waals surface area (Å²) in [5, 5.41) is 26.4. The molecule has 0 atom stereocenters. The zero-order chi connectivity index (χ0) is 19.7. The number of carboxylic acids is 2. The predicted octanol–water partition coefficient (Wildman–Crippen LogP) is 6.34. The molecule has 5 aromatic carbocycles. The lowest BCUT2D eigenvalue weighted by Crippen LogP contribution is -2.02. The van der Waals surface area contributed by atoms with Crippen LogP contribution in [-0.2, 0) is 0 Å². The molecule has 4 nitrogen and oxygen atoms in total.